The van der Waals surface area contributed by atoms with Gasteiger partial charge < -0.3 is 15.1 Å². The van der Waals surface area contributed by atoms with Crippen LogP contribution < -0.4 is 10.6 Å². The first-order valence-electron chi connectivity index (χ1n) is 9.19. The molecule has 0 saturated carbocycles. The van der Waals surface area contributed by atoms with Gasteiger partial charge in [-0.05, 0) is 62.2 Å². The molecule has 1 aliphatic heterocycles. The van der Waals surface area contributed by atoms with Crippen molar-refractivity contribution in [3.8, 4) is 0 Å². The molecular weight excluding hydrogens is 590 g/mol. The Balaban J connectivity index is 1.67. The van der Waals surface area contributed by atoms with E-state index in [1.807, 2.05) is 0 Å². The summed E-state index contributed by atoms with van der Waals surface area (Å²) in [5, 5.41) is 8.93. The van der Waals surface area contributed by atoms with Gasteiger partial charge in [-0.1, -0.05) is 6.07 Å². The molecule has 2 atom stereocenters. The SMILES string of the molecule is O=C(Nc1cccc(C(F)(F)F)c1)c1nn2c(c1Br)N[C@H](c1ccc(Br)o1)C[C@@H]2C(F)(F)F. The number of benzene rings is 1. The third-order valence-electron chi connectivity index (χ3n) is 4.90. The molecule has 4 rings (SSSR count). The molecule has 0 bridgehead atoms. The Morgan fingerprint density at radius 1 is 1.15 bits per heavy atom. The minimum atomic E-state index is -4.70. The fourth-order valence-corrected chi connectivity index (χ4v) is 4.27. The summed E-state index contributed by atoms with van der Waals surface area (Å²) < 4.78 is 86.5. The van der Waals surface area contributed by atoms with E-state index in [0.29, 0.717) is 15.4 Å². The normalized spacial score (nSPS) is 18.5. The predicted octanol–water partition coefficient (Wildman–Crippen LogP) is 6.93. The van der Waals surface area contributed by atoms with E-state index in [2.05, 4.69) is 47.6 Å². The van der Waals surface area contributed by atoms with E-state index in [9.17, 15) is 31.1 Å². The molecule has 33 heavy (non-hydrogen) atoms. The summed E-state index contributed by atoms with van der Waals surface area (Å²) >= 11 is 6.21. The predicted molar refractivity (Wildman–Crippen MR) is 112 cm³/mol. The van der Waals surface area contributed by atoms with Gasteiger partial charge in [0, 0.05) is 12.1 Å². The minimum Gasteiger partial charge on any atom is -0.452 e. The maximum Gasteiger partial charge on any atom is 0.416 e. The number of carbonyl (C=O) groups excluding carboxylic acids is 1. The molecule has 1 aromatic carbocycles. The van der Waals surface area contributed by atoms with Crippen molar-refractivity contribution in [2.24, 2.45) is 0 Å². The number of fused-ring (bicyclic) bond motifs is 1. The van der Waals surface area contributed by atoms with Crippen LogP contribution in [0.1, 0.15) is 40.3 Å². The highest BCUT2D eigenvalue weighted by Gasteiger charge is 2.48. The van der Waals surface area contributed by atoms with Crippen molar-refractivity contribution in [1.82, 2.24) is 9.78 Å². The number of furan rings is 1. The van der Waals surface area contributed by atoms with Crippen molar-refractivity contribution in [2.45, 2.75) is 30.9 Å². The molecule has 3 heterocycles. The Hall–Kier alpha value is -2.48. The number of nitrogens with zero attached hydrogens (tertiary/aromatic N) is 2. The second kappa shape index (κ2) is 8.38. The molecule has 2 aromatic heterocycles. The number of nitrogens with one attached hydrogen (secondary N) is 2. The quantitative estimate of drug-likeness (QED) is 0.319. The second-order valence-corrected chi connectivity index (χ2v) is 8.69. The Kier molecular flexibility index (Phi) is 6.01. The van der Waals surface area contributed by atoms with Crippen molar-refractivity contribution in [2.75, 3.05) is 10.6 Å². The van der Waals surface area contributed by atoms with E-state index < -0.39 is 48.0 Å². The van der Waals surface area contributed by atoms with Crippen molar-refractivity contribution >= 4 is 49.3 Å². The number of halogens is 8. The number of aromatic nitrogens is 2. The lowest BCUT2D eigenvalue weighted by Gasteiger charge is -2.32. The summed E-state index contributed by atoms with van der Waals surface area (Å²) in [6.45, 7) is 0. The van der Waals surface area contributed by atoms with Crippen LogP contribution >= 0.6 is 31.9 Å². The van der Waals surface area contributed by atoms with Crippen LogP contribution in [0, 0.1) is 0 Å². The third-order valence-corrected chi connectivity index (χ3v) is 6.07. The zero-order chi connectivity index (χ0) is 24.1. The van der Waals surface area contributed by atoms with Crippen LogP contribution in [0.4, 0.5) is 37.8 Å². The zero-order valence-corrected chi connectivity index (χ0v) is 19.2. The van der Waals surface area contributed by atoms with Gasteiger partial charge in [0.25, 0.3) is 5.91 Å². The molecule has 3 aromatic rings. The first-order chi connectivity index (χ1) is 15.3. The molecule has 0 radical (unpaired) electrons. The fourth-order valence-electron chi connectivity index (χ4n) is 3.40. The van der Waals surface area contributed by atoms with Crippen LogP contribution in [0.5, 0.6) is 0 Å². The molecule has 1 amide bonds. The lowest BCUT2D eigenvalue weighted by Crippen LogP contribution is -2.35. The molecule has 6 nitrogen and oxygen atoms in total. The Labute approximate surface area is 198 Å². The Bertz CT molecular complexity index is 1200. The third kappa shape index (κ3) is 4.76. The van der Waals surface area contributed by atoms with Gasteiger partial charge in [0.2, 0.25) is 0 Å². The van der Waals surface area contributed by atoms with E-state index in [4.69, 9.17) is 4.42 Å². The minimum absolute atomic E-state index is 0.0726. The monoisotopic (exact) mass is 600 g/mol. The molecule has 176 valence electrons. The number of rotatable bonds is 3. The van der Waals surface area contributed by atoms with Crippen molar-refractivity contribution in [1.29, 1.82) is 0 Å². The van der Waals surface area contributed by atoms with Crippen molar-refractivity contribution < 1.29 is 35.6 Å². The standard InChI is InChI=1S/C19H12Br2F6N4O2/c20-13-5-4-11(33-13)10-7-12(19(25,26)27)31-16(29-10)14(21)15(30-31)17(32)28-9-3-1-2-8(6-9)18(22,23)24/h1-6,10,12,29H,7H2,(H,28,32)/t10-,12+/m0/s1. The van der Waals surface area contributed by atoms with Gasteiger partial charge in [-0.15, -0.1) is 0 Å². The van der Waals surface area contributed by atoms with Crippen LogP contribution in [-0.4, -0.2) is 21.9 Å². The number of amides is 1. The van der Waals surface area contributed by atoms with E-state index in [1.54, 1.807) is 0 Å². The van der Waals surface area contributed by atoms with Gasteiger partial charge >= 0.3 is 12.4 Å². The van der Waals surface area contributed by atoms with Gasteiger partial charge in [-0.2, -0.15) is 31.4 Å². The average molecular weight is 602 g/mol. The number of carbonyl (C=O) groups is 1. The second-order valence-electron chi connectivity index (χ2n) is 7.12. The van der Waals surface area contributed by atoms with Gasteiger partial charge in [0.05, 0.1) is 16.1 Å². The van der Waals surface area contributed by atoms with Crippen LogP contribution in [0.25, 0.3) is 0 Å². The largest absolute Gasteiger partial charge is 0.452 e. The molecule has 0 fully saturated rings. The van der Waals surface area contributed by atoms with Gasteiger partial charge in [0.15, 0.2) is 16.4 Å². The highest BCUT2D eigenvalue weighted by molar-refractivity contribution is 9.10. The fraction of sp³-hybridized carbons (Fsp3) is 0.263. The number of alkyl halides is 6. The van der Waals surface area contributed by atoms with E-state index in [0.717, 1.165) is 12.1 Å². The van der Waals surface area contributed by atoms with Crippen molar-refractivity contribution in [3.63, 3.8) is 0 Å². The molecule has 1 aliphatic rings. The molecule has 0 saturated heterocycles. The molecule has 0 aliphatic carbocycles. The Morgan fingerprint density at radius 2 is 1.88 bits per heavy atom. The highest BCUT2D eigenvalue weighted by Crippen LogP contribution is 2.46. The van der Waals surface area contributed by atoms with Crippen LogP contribution in [0.3, 0.4) is 0 Å². The maximum absolute atomic E-state index is 13.8. The number of hydrogen-bond donors (Lipinski definition) is 2. The van der Waals surface area contributed by atoms with Crippen LogP contribution in [0.2, 0.25) is 0 Å². The average Bonchev–Trinajstić information content (AvgIpc) is 3.30. The van der Waals surface area contributed by atoms with Gasteiger partial charge in [-0.25, -0.2) is 4.68 Å². The molecule has 0 spiro atoms. The molecule has 14 heteroatoms. The van der Waals surface area contributed by atoms with Crippen molar-refractivity contribution in [3.05, 3.63) is 62.6 Å². The first-order valence-corrected chi connectivity index (χ1v) is 10.8. The lowest BCUT2D eigenvalue weighted by molar-refractivity contribution is -0.174. The topological polar surface area (TPSA) is 72.1 Å². The van der Waals surface area contributed by atoms with Crippen LogP contribution in [-0.2, 0) is 6.18 Å². The molecule has 0 unspecified atom stereocenters. The smallest absolute Gasteiger partial charge is 0.416 e. The molecular formula is C19H12Br2F6N4O2. The van der Waals surface area contributed by atoms with E-state index >= 15 is 0 Å². The number of anilines is 2. The first kappa shape index (κ1) is 23.7. The summed E-state index contributed by atoms with van der Waals surface area (Å²) in [5.74, 6) is -0.858. The van der Waals surface area contributed by atoms with Gasteiger partial charge in [-0.3, -0.25) is 4.79 Å². The Morgan fingerprint density at radius 3 is 2.48 bits per heavy atom. The van der Waals surface area contributed by atoms with E-state index in [-0.39, 0.29) is 21.7 Å². The summed E-state index contributed by atoms with van der Waals surface area (Å²) in [5.41, 5.74) is -1.61. The summed E-state index contributed by atoms with van der Waals surface area (Å²) in [6, 6.07) is 3.95. The maximum atomic E-state index is 13.8. The number of hydrogen-bond acceptors (Lipinski definition) is 4. The lowest BCUT2D eigenvalue weighted by atomic mass is 10.0. The highest BCUT2D eigenvalue weighted by atomic mass is 79.9. The summed E-state index contributed by atoms with van der Waals surface area (Å²) in [7, 11) is 0. The molecule has 2 N–H and O–H groups in total. The summed E-state index contributed by atoms with van der Waals surface area (Å²) in [6.07, 6.45) is -9.78. The zero-order valence-electron chi connectivity index (χ0n) is 16.1. The van der Waals surface area contributed by atoms with E-state index in [1.165, 1.54) is 18.2 Å². The summed E-state index contributed by atoms with van der Waals surface area (Å²) in [4.78, 5) is 12.7. The van der Waals surface area contributed by atoms with Gasteiger partial charge in [0.1, 0.15) is 11.6 Å². The van der Waals surface area contributed by atoms with Crippen LogP contribution in [0.15, 0.2) is 50.0 Å².